The second-order valence-electron chi connectivity index (χ2n) is 7.49. The van der Waals surface area contributed by atoms with E-state index in [9.17, 15) is 9.59 Å². The van der Waals surface area contributed by atoms with Crippen LogP contribution in [0.25, 0.3) is 0 Å². The number of nitrogens with one attached hydrogen (secondary N) is 1. The van der Waals surface area contributed by atoms with Gasteiger partial charge in [0.25, 0.3) is 5.91 Å². The number of ether oxygens (including phenoxy) is 3. The van der Waals surface area contributed by atoms with Crippen LogP contribution in [0.5, 0.6) is 11.5 Å². The SMILES string of the molecule is Cc1occc1C(=O)N(CCC(=O)NCc1ccc2c(c1)OCO2)CC1CCCO1. The Morgan fingerprint density at radius 1 is 1.20 bits per heavy atom. The number of aryl methyl sites for hydroxylation is 1. The zero-order chi connectivity index (χ0) is 20.9. The van der Waals surface area contributed by atoms with Gasteiger partial charge in [0.2, 0.25) is 12.7 Å². The van der Waals surface area contributed by atoms with Gasteiger partial charge in [-0.05, 0) is 43.5 Å². The van der Waals surface area contributed by atoms with Gasteiger partial charge in [0.05, 0.1) is 17.9 Å². The Hall–Kier alpha value is -3.00. The van der Waals surface area contributed by atoms with E-state index in [-0.39, 0.29) is 31.1 Å². The van der Waals surface area contributed by atoms with E-state index in [0.717, 1.165) is 18.4 Å². The van der Waals surface area contributed by atoms with Crippen LogP contribution in [0.15, 0.2) is 34.9 Å². The zero-order valence-electron chi connectivity index (χ0n) is 17.0. The standard InChI is InChI=1S/C22H26N2O6/c1-15-18(7-10-27-15)22(26)24(13-17-3-2-9-28-17)8-6-21(25)23-12-16-4-5-19-20(11-16)30-14-29-19/h4-5,7,10-11,17H,2-3,6,8-9,12-14H2,1H3,(H,23,25). The molecule has 0 spiro atoms. The molecule has 0 radical (unpaired) electrons. The van der Waals surface area contributed by atoms with Crippen molar-refractivity contribution in [1.82, 2.24) is 10.2 Å². The molecule has 160 valence electrons. The molecule has 1 saturated heterocycles. The van der Waals surface area contributed by atoms with Gasteiger partial charge in [0, 0.05) is 32.7 Å². The van der Waals surface area contributed by atoms with Crippen molar-refractivity contribution in [2.75, 3.05) is 26.5 Å². The van der Waals surface area contributed by atoms with Gasteiger partial charge in [-0.1, -0.05) is 6.07 Å². The molecule has 1 atom stereocenters. The molecule has 1 aromatic heterocycles. The first-order chi connectivity index (χ1) is 14.6. The summed E-state index contributed by atoms with van der Waals surface area (Å²) in [6, 6.07) is 7.25. The lowest BCUT2D eigenvalue weighted by Crippen LogP contribution is -2.40. The zero-order valence-corrected chi connectivity index (χ0v) is 17.0. The van der Waals surface area contributed by atoms with Crippen LogP contribution in [0.2, 0.25) is 0 Å². The molecule has 1 fully saturated rings. The first-order valence-corrected chi connectivity index (χ1v) is 10.2. The van der Waals surface area contributed by atoms with Crippen LogP contribution in [-0.4, -0.2) is 49.3 Å². The fraction of sp³-hybridized carbons (Fsp3) is 0.455. The summed E-state index contributed by atoms with van der Waals surface area (Å²) in [5.74, 6) is 1.71. The summed E-state index contributed by atoms with van der Waals surface area (Å²) in [5, 5.41) is 2.90. The van der Waals surface area contributed by atoms with Crippen LogP contribution < -0.4 is 14.8 Å². The maximum Gasteiger partial charge on any atom is 0.257 e. The Morgan fingerprint density at radius 2 is 2.07 bits per heavy atom. The highest BCUT2D eigenvalue weighted by Gasteiger charge is 2.25. The second kappa shape index (κ2) is 9.21. The summed E-state index contributed by atoms with van der Waals surface area (Å²) >= 11 is 0. The summed E-state index contributed by atoms with van der Waals surface area (Å²) in [6.45, 7) is 3.87. The number of furan rings is 1. The van der Waals surface area contributed by atoms with Crippen molar-refractivity contribution in [2.45, 2.75) is 38.8 Å². The molecule has 3 heterocycles. The minimum Gasteiger partial charge on any atom is -0.469 e. The van der Waals surface area contributed by atoms with Crippen molar-refractivity contribution in [3.63, 3.8) is 0 Å². The summed E-state index contributed by atoms with van der Waals surface area (Å²) < 4.78 is 21.6. The molecule has 30 heavy (non-hydrogen) atoms. The van der Waals surface area contributed by atoms with E-state index in [0.29, 0.717) is 49.1 Å². The molecule has 4 rings (SSSR count). The van der Waals surface area contributed by atoms with Crippen LogP contribution in [0.4, 0.5) is 0 Å². The van der Waals surface area contributed by atoms with Gasteiger partial charge in [-0.3, -0.25) is 9.59 Å². The molecule has 8 nitrogen and oxygen atoms in total. The van der Waals surface area contributed by atoms with Crippen LogP contribution in [0.1, 0.15) is 40.9 Å². The topological polar surface area (TPSA) is 90.2 Å². The lowest BCUT2D eigenvalue weighted by atomic mass is 10.1. The van der Waals surface area contributed by atoms with Gasteiger partial charge in [0.1, 0.15) is 5.76 Å². The number of fused-ring (bicyclic) bond motifs is 1. The quantitative estimate of drug-likeness (QED) is 0.714. The van der Waals surface area contributed by atoms with Crippen molar-refractivity contribution < 1.29 is 28.2 Å². The highest BCUT2D eigenvalue weighted by Crippen LogP contribution is 2.32. The Morgan fingerprint density at radius 3 is 2.83 bits per heavy atom. The maximum atomic E-state index is 13.0. The molecular formula is C22H26N2O6. The third-order valence-electron chi connectivity index (χ3n) is 5.36. The normalized spacial score (nSPS) is 17.2. The molecule has 1 unspecified atom stereocenters. The third-order valence-corrected chi connectivity index (χ3v) is 5.36. The fourth-order valence-electron chi connectivity index (χ4n) is 3.66. The maximum absolute atomic E-state index is 13.0. The molecule has 2 aliphatic heterocycles. The van der Waals surface area contributed by atoms with Crippen LogP contribution >= 0.6 is 0 Å². The number of carbonyl (C=O) groups is 2. The Labute approximate surface area is 175 Å². The number of hydrogen-bond acceptors (Lipinski definition) is 6. The predicted molar refractivity (Wildman–Crippen MR) is 107 cm³/mol. The van der Waals surface area contributed by atoms with Gasteiger partial charge in [0.15, 0.2) is 11.5 Å². The number of benzene rings is 1. The lowest BCUT2D eigenvalue weighted by Gasteiger charge is -2.25. The summed E-state index contributed by atoms with van der Waals surface area (Å²) in [7, 11) is 0. The summed E-state index contributed by atoms with van der Waals surface area (Å²) in [6.07, 6.45) is 3.64. The van der Waals surface area contributed by atoms with E-state index in [1.807, 2.05) is 18.2 Å². The lowest BCUT2D eigenvalue weighted by molar-refractivity contribution is -0.121. The van der Waals surface area contributed by atoms with Crippen molar-refractivity contribution in [3.8, 4) is 11.5 Å². The van der Waals surface area contributed by atoms with Crippen molar-refractivity contribution in [1.29, 1.82) is 0 Å². The summed E-state index contributed by atoms with van der Waals surface area (Å²) in [5.41, 5.74) is 1.45. The highest BCUT2D eigenvalue weighted by atomic mass is 16.7. The highest BCUT2D eigenvalue weighted by molar-refractivity contribution is 5.95. The number of nitrogens with zero attached hydrogens (tertiary/aromatic N) is 1. The first kappa shape index (κ1) is 20.3. The van der Waals surface area contributed by atoms with E-state index in [1.54, 1.807) is 17.9 Å². The van der Waals surface area contributed by atoms with Gasteiger partial charge in [-0.2, -0.15) is 0 Å². The van der Waals surface area contributed by atoms with E-state index in [2.05, 4.69) is 5.32 Å². The molecule has 1 aromatic carbocycles. The minimum atomic E-state index is -0.139. The van der Waals surface area contributed by atoms with Gasteiger partial charge < -0.3 is 28.8 Å². The first-order valence-electron chi connectivity index (χ1n) is 10.2. The third kappa shape index (κ3) is 4.76. The van der Waals surface area contributed by atoms with Crippen molar-refractivity contribution in [3.05, 3.63) is 47.4 Å². The molecule has 1 N–H and O–H groups in total. The average Bonchev–Trinajstić information content (AvgIpc) is 3.50. The molecular weight excluding hydrogens is 388 g/mol. The molecule has 2 aromatic rings. The summed E-state index contributed by atoms with van der Waals surface area (Å²) in [4.78, 5) is 27.1. The van der Waals surface area contributed by atoms with Crippen molar-refractivity contribution in [2.24, 2.45) is 0 Å². The Kier molecular flexibility index (Phi) is 6.23. The Balaban J connectivity index is 1.32. The molecule has 8 heteroatoms. The number of amides is 2. The van der Waals surface area contributed by atoms with Gasteiger partial charge >= 0.3 is 0 Å². The predicted octanol–water partition coefficient (Wildman–Crippen LogP) is 2.64. The van der Waals surface area contributed by atoms with Crippen molar-refractivity contribution >= 4 is 11.8 Å². The molecule has 0 bridgehead atoms. The van der Waals surface area contributed by atoms with Crippen LogP contribution in [-0.2, 0) is 16.1 Å². The molecule has 2 amide bonds. The molecule has 2 aliphatic rings. The van der Waals surface area contributed by atoms with E-state index < -0.39 is 0 Å². The number of carbonyl (C=O) groups excluding carboxylic acids is 2. The fourth-order valence-corrected chi connectivity index (χ4v) is 3.66. The van der Waals surface area contributed by atoms with E-state index in [4.69, 9.17) is 18.6 Å². The van der Waals surface area contributed by atoms with Crippen LogP contribution in [0.3, 0.4) is 0 Å². The van der Waals surface area contributed by atoms with Gasteiger partial charge in [-0.25, -0.2) is 0 Å². The monoisotopic (exact) mass is 414 g/mol. The van der Waals surface area contributed by atoms with Gasteiger partial charge in [-0.15, -0.1) is 0 Å². The van der Waals surface area contributed by atoms with E-state index in [1.165, 1.54) is 6.26 Å². The average molecular weight is 414 g/mol. The number of rotatable bonds is 8. The largest absolute Gasteiger partial charge is 0.469 e. The smallest absolute Gasteiger partial charge is 0.257 e. The molecule has 0 aliphatic carbocycles. The minimum absolute atomic E-state index is 0.0119. The number of hydrogen-bond donors (Lipinski definition) is 1. The molecule has 0 saturated carbocycles. The van der Waals surface area contributed by atoms with Crippen LogP contribution in [0, 0.1) is 6.92 Å². The van der Waals surface area contributed by atoms with E-state index >= 15 is 0 Å². The second-order valence-corrected chi connectivity index (χ2v) is 7.49. The Bertz CT molecular complexity index is 903.